The van der Waals surface area contributed by atoms with Crippen LogP contribution >= 0.6 is 11.8 Å². The summed E-state index contributed by atoms with van der Waals surface area (Å²) in [4.78, 5) is 28.8. The lowest BCUT2D eigenvalue weighted by Crippen LogP contribution is -2.44. The van der Waals surface area contributed by atoms with Crippen LogP contribution in [-0.4, -0.2) is 60.3 Å². The number of nitrogens with one attached hydrogen (secondary N) is 1. The zero-order valence-electron chi connectivity index (χ0n) is 23.8. The summed E-state index contributed by atoms with van der Waals surface area (Å²) < 4.78 is 12.9. The molecule has 0 unspecified atom stereocenters. The first-order chi connectivity index (χ1) is 20.5. The average Bonchev–Trinajstić information content (AvgIpc) is 3.65. The highest BCUT2D eigenvalue weighted by Gasteiger charge is 2.37. The third kappa shape index (κ3) is 5.80. The van der Waals surface area contributed by atoms with Crippen LogP contribution in [0.15, 0.2) is 78.9 Å². The maximum atomic E-state index is 13.9. The number of hydrogen-bond acceptors (Lipinski definition) is 6. The minimum atomic E-state index is -0.229. The molecule has 1 aromatic heterocycles. The van der Waals surface area contributed by atoms with Gasteiger partial charge in [-0.25, -0.2) is 4.68 Å². The molecular formula is C33H34N4O4S. The van der Waals surface area contributed by atoms with Crippen molar-refractivity contribution in [3.8, 4) is 22.7 Å². The Balaban J connectivity index is 1.51. The fraction of sp³-hybridized carbons (Fsp3) is 0.303. The number of amides is 2. The van der Waals surface area contributed by atoms with Crippen LogP contribution in [0.5, 0.6) is 5.75 Å². The molecule has 0 spiro atoms. The van der Waals surface area contributed by atoms with Gasteiger partial charge in [-0.05, 0) is 49.6 Å². The van der Waals surface area contributed by atoms with Gasteiger partial charge in [0.2, 0.25) is 11.8 Å². The van der Waals surface area contributed by atoms with E-state index in [1.807, 2.05) is 60.7 Å². The molecule has 1 fully saturated rings. The summed E-state index contributed by atoms with van der Waals surface area (Å²) >= 11 is 1.57. The first kappa shape index (κ1) is 28.1. The van der Waals surface area contributed by atoms with E-state index in [0.29, 0.717) is 12.4 Å². The van der Waals surface area contributed by atoms with Gasteiger partial charge in [-0.1, -0.05) is 60.2 Å². The monoisotopic (exact) mass is 582 g/mol. The minimum Gasteiger partial charge on any atom is -0.497 e. The lowest BCUT2D eigenvalue weighted by molar-refractivity contribution is -0.123. The van der Waals surface area contributed by atoms with Crippen LogP contribution < -0.4 is 15.0 Å². The molecule has 0 saturated carbocycles. The molecule has 0 aliphatic carbocycles. The number of thioether (sulfide) groups is 1. The highest BCUT2D eigenvalue weighted by atomic mass is 32.2. The molecule has 2 atom stereocenters. The molecule has 2 aliphatic heterocycles. The van der Waals surface area contributed by atoms with Crippen LogP contribution in [0.2, 0.25) is 0 Å². The first-order valence-corrected chi connectivity index (χ1v) is 15.3. The van der Waals surface area contributed by atoms with Crippen molar-refractivity contribution in [2.24, 2.45) is 0 Å². The van der Waals surface area contributed by atoms with Crippen molar-refractivity contribution in [2.45, 2.75) is 31.1 Å². The van der Waals surface area contributed by atoms with Crippen molar-refractivity contribution in [3.63, 3.8) is 0 Å². The fourth-order valence-electron chi connectivity index (χ4n) is 5.56. The second-order valence-electron chi connectivity index (χ2n) is 10.6. The normalized spacial score (nSPS) is 18.4. The van der Waals surface area contributed by atoms with Gasteiger partial charge in [0, 0.05) is 24.3 Å². The molecular weight excluding hydrogens is 548 g/mol. The Labute approximate surface area is 250 Å². The Bertz CT molecular complexity index is 1560. The van der Waals surface area contributed by atoms with Gasteiger partial charge < -0.3 is 14.8 Å². The van der Waals surface area contributed by atoms with E-state index in [2.05, 4.69) is 30.4 Å². The number of hydrogen-bond donors (Lipinski definition) is 1. The maximum Gasteiger partial charge on any atom is 0.240 e. The van der Waals surface area contributed by atoms with Crippen LogP contribution in [0.4, 0.5) is 5.82 Å². The molecule has 2 aliphatic rings. The molecule has 3 heterocycles. The van der Waals surface area contributed by atoms with E-state index in [4.69, 9.17) is 14.6 Å². The lowest BCUT2D eigenvalue weighted by Gasteiger charge is -2.23. The van der Waals surface area contributed by atoms with Crippen molar-refractivity contribution < 1.29 is 19.1 Å². The molecule has 9 heteroatoms. The first-order valence-electron chi connectivity index (χ1n) is 14.2. The summed E-state index contributed by atoms with van der Waals surface area (Å²) in [5.74, 6) is 1.18. The number of methoxy groups -OCH3 is 1. The van der Waals surface area contributed by atoms with Gasteiger partial charge in [-0.3, -0.25) is 14.5 Å². The minimum absolute atomic E-state index is 0.0140. The zero-order chi connectivity index (χ0) is 29.1. The summed E-state index contributed by atoms with van der Waals surface area (Å²) in [7, 11) is 1.63. The van der Waals surface area contributed by atoms with E-state index in [1.165, 1.54) is 0 Å². The van der Waals surface area contributed by atoms with E-state index in [1.54, 1.807) is 28.5 Å². The number of anilines is 1. The van der Waals surface area contributed by atoms with Gasteiger partial charge in [-0.15, -0.1) is 11.8 Å². The molecule has 4 aromatic rings. The van der Waals surface area contributed by atoms with Crippen LogP contribution in [-0.2, 0) is 14.3 Å². The third-order valence-electron chi connectivity index (χ3n) is 7.65. The number of aryl methyl sites for hydroxylation is 1. The van der Waals surface area contributed by atoms with Crippen molar-refractivity contribution in [1.82, 2.24) is 15.1 Å². The fourth-order valence-corrected chi connectivity index (χ4v) is 6.75. The number of nitrogens with zero attached hydrogens (tertiary/aromatic N) is 3. The number of ether oxygens (including phenoxy) is 2. The SMILES string of the molecule is COc1ccc(-n2nc(-c3ccccc3)c3c2N(CC(=O)NC[C@H]2CCCO2)C(=O)CS[C@@H]3c2cccc(C)c2)cc1. The summed E-state index contributed by atoms with van der Waals surface area (Å²) in [5.41, 5.74) is 5.62. The van der Waals surface area contributed by atoms with Gasteiger partial charge in [-0.2, -0.15) is 5.10 Å². The Hall–Kier alpha value is -4.08. The smallest absolute Gasteiger partial charge is 0.240 e. The number of carbonyl (C=O) groups is 2. The van der Waals surface area contributed by atoms with E-state index >= 15 is 0 Å². The number of carbonyl (C=O) groups excluding carboxylic acids is 2. The second-order valence-corrected chi connectivity index (χ2v) is 11.7. The molecule has 2 amide bonds. The molecule has 3 aromatic carbocycles. The Morgan fingerprint density at radius 2 is 1.90 bits per heavy atom. The van der Waals surface area contributed by atoms with Gasteiger partial charge in [0.1, 0.15) is 18.1 Å². The standard InChI is InChI=1S/C33H34N4O4S/c1-22-8-6-11-24(18-22)32-30-31(23-9-4-3-5-10-23)35-37(25-13-15-26(40-2)16-14-25)33(30)36(29(39)21-42-32)20-28(38)34-19-27-12-7-17-41-27/h3-6,8-11,13-16,18,27,32H,7,12,17,19-21H2,1-2H3,(H,34,38)/t27-,32-/m1/s1. The Kier molecular flexibility index (Phi) is 8.30. The summed E-state index contributed by atoms with van der Waals surface area (Å²) in [6, 6.07) is 26.0. The topological polar surface area (TPSA) is 85.7 Å². The Morgan fingerprint density at radius 1 is 1.10 bits per heavy atom. The summed E-state index contributed by atoms with van der Waals surface area (Å²) in [6.45, 7) is 3.10. The molecule has 42 heavy (non-hydrogen) atoms. The van der Waals surface area contributed by atoms with Gasteiger partial charge in [0.25, 0.3) is 0 Å². The molecule has 6 rings (SSSR count). The van der Waals surface area contributed by atoms with Crippen LogP contribution in [0, 0.1) is 6.92 Å². The van der Waals surface area contributed by atoms with Crippen LogP contribution in [0.25, 0.3) is 16.9 Å². The lowest BCUT2D eigenvalue weighted by atomic mass is 9.98. The van der Waals surface area contributed by atoms with Crippen molar-refractivity contribution in [2.75, 3.05) is 37.5 Å². The Morgan fingerprint density at radius 3 is 2.62 bits per heavy atom. The van der Waals surface area contributed by atoms with Crippen molar-refractivity contribution >= 4 is 29.4 Å². The molecule has 1 saturated heterocycles. The van der Waals surface area contributed by atoms with Crippen LogP contribution in [0.3, 0.4) is 0 Å². The van der Waals surface area contributed by atoms with E-state index < -0.39 is 0 Å². The zero-order valence-corrected chi connectivity index (χ0v) is 24.6. The summed E-state index contributed by atoms with van der Waals surface area (Å²) in [6.07, 6.45) is 1.93. The largest absolute Gasteiger partial charge is 0.497 e. The summed E-state index contributed by atoms with van der Waals surface area (Å²) in [5, 5.41) is 7.97. The van der Waals surface area contributed by atoms with Crippen molar-refractivity contribution in [3.05, 3.63) is 95.6 Å². The van der Waals surface area contributed by atoms with Crippen LogP contribution in [0.1, 0.15) is 34.8 Å². The quantitative estimate of drug-likeness (QED) is 0.303. The number of fused-ring (bicyclic) bond motifs is 1. The van der Waals surface area contributed by atoms with E-state index in [9.17, 15) is 9.59 Å². The molecule has 0 bridgehead atoms. The molecule has 1 N–H and O–H groups in total. The van der Waals surface area contributed by atoms with Crippen molar-refractivity contribution in [1.29, 1.82) is 0 Å². The highest BCUT2D eigenvalue weighted by molar-refractivity contribution is 8.00. The number of benzene rings is 3. The predicted octanol–water partition coefficient (Wildman–Crippen LogP) is 5.32. The predicted molar refractivity (Wildman–Crippen MR) is 165 cm³/mol. The number of rotatable bonds is 8. The number of aromatic nitrogens is 2. The van der Waals surface area contributed by atoms with E-state index in [0.717, 1.165) is 58.8 Å². The highest BCUT2D eigenvalue weighted by Crippen LogP contribution is 2.48. The average molecular weight is 583 g/mol. The van der Waals surface area contributed by atoms with Gasteiger partial charge >= 0.3 is 0 Å². The van der Waals surface area contributed by atoms with Gasteiger partial charge in [0.05, 0.1) is 35.6 Å². The molecule has 0 radical (unpaired) electrons. The van der Waals surface area contributed by atoms with E-state index in [-0.39, 0.29) is 35.5 Å². The molecule has 216 valence electrons. The molecule has 8 nitrogen and oxygen atoms in total. The van der Waals surface area contributed by atoms with Gasteiger partial charge in [0.15, 0.2) is 0 Å². The maximum absolute atomic E-state index is 13.9. The second kappa shape index (κ2) is 12.4. The third-order valence-corrected chi connectivity index (χ3v) is 8.91.